The second-order valence-corrected chi connectivity index (χ2v) is 13.6. The van der Waals surface area contributed by atoms with Crippen LogP contribution < -0.4 is 16.0 Å². The van der Waals surface area contributed by atoms with Crippen molar-refractivity contribution in [3.63, 3.8) is 0 Å². The number of benzene rings is 1. The van der Waals surface area contributed by atoms with Crippen LogP contribution in [0.2, 0.25) is 0 Å². The molecule has 1 aliphatic heterocycles. The Bertz CT molecular complexity index is 1390. The van der Waals surface area contributed by atoms with Crippen molar-refractivity contribution in [1.29, 1.82) is 0 Å². The lowest BCUT2D eigenvalue weighted by atomic mass is 9.87. The Hall–Kier alpha value is -4.09. The number of piperidine rings is 1. The van der Waals surface area contributed by atoms with Gasteiger partial charge in [-0.15, -0.1) is 0 Å². The van der Waals surface area contributed by atoms with Gasteiger partial charge in [0.15, 0.2) is 0 Å². The number of carbonyl (C=O) groups is 5. The van der Waals surface area contributed by atoms with Gasteiger partial charge >= 0.3 is 18.1 Å². The van der Waals surface area contributed by atoms with Crippen LogP contribution in [0.15, 0.2) is 30.5 Å². The van der Waals surface area contributed by atoms with E-state index in [1.54, 1.807) is 35.4 Å². The molecular formula is C34H51N5O7. The summed E-state index contributed by atoms with van der Waals surface area (Å²) in [7, 11) is 1.27. The number of carboxylic acids is 1. The molecule has 4 amide bonds. The van der Waals surface area contributed by atoms with E-state index in [0.717, 1.165) is 25.7 Å². The monoisotopic (exact) mass is 641 g/mol. The van der Waals surface area contributed by atoms with Crippen molar-refractivity contribution in [1.82, 2.24) is 25.4 Å². The molecule has 0 unspecified atom stereocenters. The van der Waals surface area contributed by atoms with E-state index >= 15 is 0 Å². The molecule has 12 nitrogen and oxygen atoms in total. The number of aliphatic carboxylic acids is 1. The first-order chi connectivity index (χ1) is 21.7. The molecule has 5 atom stereocenters. The SMILES string of the molecule is CCCC[C@@H](NC(=O)[C@@H](Cc1cn(C(=O)OC)c2ccccc12)NC(=O)[C@H](CC(C)(C)C)NC(=O)N1[C@H](C)CCC[C@@H]1C)C(=O)O. The van der Waals surface area contributed by atoms with Gasteiger partial charge in [-0.05, 0) is 63.0 Å². The molecule has 1 fully saturated rings. The number of rotatable bonds is 12. The maximum atomic E-state index is 14.0. The molecule has 46 heavy (non-hydrogen) atoms. The van der Waals surface area contributed by atoms with Crippen LogP contribution in [0.4, 0.5) is 9.59 Å². The lowest BCUT2D eigenvalue weighted by Crippen LogP contribution is -2.60. The zero-order valence-corrected chi connectivity index (χ0v) is 28.2. The minimum atomic E-state index is -1.21. The summed E-state index contributed by atoms with van der Waals surface area (Å²) >= 11 is 0. The number of ether oxygens (including phenoxy) is 1. The molecule has 254 valence electrons. The number of amides is 4. The van der Waals surface area contributed by atoms with Crippen LogP contribution in [-0.4, -0.2) is 81.8 Å². The van der Waals surface area contributed by atoms with Crippen LogP contribution in [0.3, 0.4) is 0 Å². The topological polar surface area (TPSA) is 159 Å². The van der Waals surface area contributed by atoms with Crippen LogP contribution in [0.1, 0.15) is 92.1 Å². The molecule has 2 aromatic rings. The molecule has 4 N–H and O–H groups in total. The number of carboxylic acid groups (broad SMARTS) is 1. The van der Waals surface area contributed by atoms with E-state index < -0.39 is 42.0 Å². The van der Waals surface area contributed by atoms with Gasteiger partial charge in [0.1, 0.15) is 18.1 Å². The highest BCUT2D eigenvalue weighted by Crippen LogP contribution is 2.26. The second-order valence-electron chi connectivity index (χ2n) is 13.6. The van der Waals surface area contributed by atoms with E-state index in [9.17, 15) is 29.1 Å². The average molecular weight is 642 g/mol. The standard InChI is InChI=1S/C34H51N5O7/c1-8-9-16-25(31(42)43)35-29(40)26(18-23-20-38(33(45)46-7)28-17-11-10-15-24(23)28)36-30(41)27(19-34(4,5)6)37-32(44)39-21(2)13-12-14-22(39)3/h10-11,15,17,20-22,25-27H,8-9,12-14,16,18-19H2,1-7H3,(H,35,40)(H,36,41)(H,37,44)(H,42,43)/t21-,22+,25-,26-,27+/m1/s1. The normalized spacial score (nSPS) is 18.7. The van der Waals surface area contributed by atoms with E-state index in [1.165, 1.54) is 11.7 Å². The number of para-hydroxylation sites is 1. The first kappa shape index (κ1) is 36.4. The molecule has 0 bridgehead atoms. The molecule has 0 saturated carbocycles. The summed E-state index contributed by atoms with van der Waals surface area (Å²) in [5, 5.41) is 18.9. The van der Waals surface area contributed by atoms with E-state index in [0.29, 0.717) is 29.3 Å². The number of hydrogen-bond donors (Lipinski definition) is 4. The fraction of sp³-hybridized carbons (Fsp3) is 0.618. The lowest BCUT2D eigenvalue weighted by Gasteiger charge is -2.40. The third-order valence-electron chi connectivity index (χ3n) is 8.54. The number of unbranched alkanes of at least 4 members (excludes halogenated alkanes) is 1. The van der Waals surface area contributed by atoms with Crippen molar-refractivity contribution in [3.05, 3.63) is 36.0 Å². The number of likely N-dealkylation sites (tertiary alicyclic amines) is 1. The number of urea groups is 1. The molecule has 2 heterocycles. The van der Waals surface area contributed by atoms with Gasteiger partial charge in [-0.1, -0.05) is 58.7 Å². The smallest absolute Gasteiger partial charge is 0.418 e. The van der Waals surface area contributed by atoms with Crippen LogP contribution in [0.25, 0.3) is 10.9 Å². The molecule has 0 radical (unpaired) electrons. The average Bonchev–Trinajstić information content (AvgIpc) is 3.35. The predicted molar refractivity (Wildman–Crippen MR) is 175 cm³/mol. The van der Waals surface area contributed by atoms with E-state index in [2.05, 4.69) is 16.0 Å². The lowest BCUT2D eigenvalue weighted by molar-refractivity contribution is -0.142. The van der Waals surface area contributed by atoms with Gasteiger partial charge in [0, 0.05) is 30.1 Å². The largest absolute Gasteiger partial charge is 0.480 e. The number of nitrogens with zero attached hydrogens (tertiary/aromatic N) is 2. The zero-order valence-electron chi connectivity index (χ0n) is 28.2. The number of nitrogens with one attached hydrogen (secondary N) is 3. The Morgan fingerprint density at radius 3 is 2.15 bits per heavy atom. The first-order valence-electron chi connectivity index (χ1n) is 16.3. The maximum absolute atomic E-state index is 14.0. The van der Waals surface area contributed by atoms with Gasteiger partial charge in [-0.2, -0.15) is 0 Å². The molecular weight excluding hydrogens is 590 g/mol. The maximum Gasteiger partial charge on any atom is 0.418 e. The summed E-state index contributed by atoms with van der Waals surface area (Å²) in [6.07, 6.45) is 5.53. The van der Waals surface area contributed by atoms with Gasteiger partial charge in [0.25, 0.3) is 0 Å². The Balaban J connectivity index is 1.97. The second kappa shape index (κ2) is 16.0. The molecule has 0 spiro atoms. The van der Waals surface area contributed by atoms with Crippen LogP contribution in [0, 0.1) is 5.41 Å². The Morgan fingerprint density at radius 1 is 0.957 bits per heavy atom. The predicted octanol–water partition coefficient (Wildman–Crippen LogP) is 4.82. The summed E-state index contributed by atoms with van der Waals surface area (Å²) in [6, 6.07) is 3.49. The van der Waals surface area contributed by atoms with Gasteiger partial charge in [-0.3, -0.25) is 14.2 Å². The summed E-state index contributed by atoms with van der Waals surface area (Å²) < 4.78 is 6.26. The Labute approximate surface area is 271 Å². The van der Waals surface area contributed by atoms with Crippen molar-refractivity contribution >= 4 is 40.8 Å². The number of carbonyl (C=O) groups excluding carboxylic acids is 4. The first-order valence-corrected chi connectivity index (χ1v) is 16.3. The van der Waals surface area contributed by atoms with Crippen LogP contribution in [0.5, 0.6) is 0 Å². The Kier molecular flexibility index (Phi) is 12.6. The molecule has 1 aromatic carbocycles. The summed E-state index contributed by atoms with van der Waals surface area (Å²) in [4.78, 5) is 67.6. The van der Waals surface area contributed by atoms with Gasteiger partial charge < -0.3 is 30.7 Å². The van der Waals surface area contributed by atoms with Crippen LogP contribution in [-0.2, 0) is 25.5 Å². The van der Waals surface area contributed by atoms with E-state index in [-0.39, 0.29) is 36.4 Å². The van der Waals surface area contributed by atoms with Crippen molar-refractivity contribution in [2.45, 2.75) is 123 Å². The van der Waals surface area contributed by atoms with Gasteiger partial charge in [-0.25, -0.2) is 14.4 Å². The fourth-order valence-electron chi connectivity index (χ4n) is 6.17. The third kappa shape index (κ3) is 9.46. The van der Waals surface area contributed by atoms with Crippen molar-refractivity contribution < 1.29 is 33.8 Å². The zero-order chi connectivity index (χ0) is 34.2. The molecule has 1 aromatic heterocycles. The quantitative estimate of drug-likeness (QED) is 0.259. The molecule has 0 aliphatic carbocycles. The highest BCUT2D eigenvalue weighted by molar-refractivity contribution is 5.95. The minimum absolute atomic E-state index is 0.0174. The number of methoxy groups -OCH3 is 1. The third-order valence-corrected chi connectivity index (χ3v) is 8.54. The van der Waals surface area contributed by atoms with Crippen molar-refractivity contribution in [2.75, 3.05) is 7.11 Å². The highest BCUT2D eigenvalue weighted by Gasteiger charge is 2.35. The van der Waals surface area contributed by atoms with Gasteiger partial charge in [0.05, 0.1) is 12.6 Å². The molecule has 1 aliphatic rings. The van der Waals surface area contributed by atoms with Gasteiger partial charge in [0.2, 0.25) is 11.8 Å². The molecule has 12 heteroatoms. The van der Waals surface area contributed by atoms with Crippen molar-refractivity contribution in [2.24, 2.45) is 5.41 Å². The number of hydrogen-bond acceptors (Lipinski definition) is 6. The molecule has 1 saturated heterocycles. The summed E-state index contributed by atoms with van der Waals surface area (Å²) in [6.45, 7) is 11.8. The van der Waals surface area contributed by atoms with Crippen molar-refractivity contribution in [3.8, 4) is 0 Å². The summed E-state index contributed by atoms with van der Waals surface area (Å²) in [5.74, 6) is -2.40. The Morgan fingerprint density at radius 2 is 1.57 bits per heavy atom. The van der Waals surface area contributed by atoms with Crippen LogP contribution >= 0.6 is 0 Å². The summed E-state index contributed by atoms with van der Waals surface area (Å²) in [5.41, 5.74) is 0.785. The number of fused-ring (bicyclic) bond motifs is 1. The minimum Gasteiger partial charge on any atom is -0.480 e. The highest BCUT2D eigenvalue weighted by atomic mass is 16.5. The van der Waals surface area contributed by atoms with E-state index in [4.69, 9.17) is 4.74 Å². The number of aromatic nitrogens is 1. The van der Waals surface area contributed by atoms with E-state index in [1.807, 2.05) is 41.5 Å². The fourth-order valence-corrected chi connectivity index (χ4v) is 6.17. The molecule has 3 rings (SSSR count).